The lowest BCUT2D eigenvalue weighted by Crippen LogP contribution is -2.37. The Morgan fingerprint density at radius 3 is 2.49 bits per heavy atom. The quantitative estimate of drug-likeness (QED) is 0.315. The van der Waals surface area contributed by atoms with Crippen LogP contribution in [0.15, 0.2) is 77.4 Å². The minimum atomic E-state index is -0.0335. The molecule has 7 heteroatoms. The molecule has 5 aromatic rings. The van der Waals surface area contributed by atoms with Crippen molar-refractivity contribution >= 4 is 16.3 Å². The topological polar surface area (TPSA) is 66.8 Å². The van der Waals surface area contributed by atoms with Crippen LogP contribution in [0.25, 0.3) is 16.5 Å². The number of aromatic nitrogens is 3. The summed E-state index contributed by atoms with van der Waals surface area (Å²) in [6.45, 7) is 4.08. The highest BCUT2D eigenvalue weighted by Gasteiger charge is 2.32. The molecule has 3 aromatic heterocycles. The molecule has 35 heavy (non-hydrogen) atoms. The molecule has 1 saturated heterocycles. The number of furan rings is 1. The van der Waals surface area contributed by atoms with E-state index in [2.05, 4.69) is 76.5 Å². The second-order valence-corrected chi connectivity index (χ2v) is 10.4. The number of aromatic hydroxyl groups is 1. The lowest BCUT2D eigenvalue weighted by molar-refractivity contribution is 0.150. The van der Waals surface area contributed by atoms with Gasteiger partial charge in [-0.15, -0.1) is 5.10 Å². The van der Waals surface area contributed by atoms with E-state index in [1.54, 1.807) is 10.8 Å². The fourth-order valence-electron chi connectivity index (χ4n) is 5.08. The first-order chi connectivity index (χ1) is 17.2. The predicted octanol–water partition coefficient (Wildman–Crippen LogP) is 6.11. The Balaban J connectivity index is 1.29. The molecule has 6 nitrogen and oxygen atoms in total. The number of benzene rings is 2. The average Bonchev–Trinajstić information content (AvgIpc) is 3.61. The van der Waals surface area contributed by atoms with Crippen LogP contribution in [0.1, 0.15) is 40.5 Å². The highest BCUT2D eigenvalue weighted by molar-refractivity contribution is 7.17. The lowest BCUT2D eigenvalue weighted by atomic mass is 9.88. The van der Waals surface area contributed by atoms with Crippen molar-refractivity contribution in [1.82, 2.24) is 19.5 Å². The van der Waals surface area contributed by atoms with E-state index in [1.165, 1.54) is 28.0 Å². The van der Waals surface area contributed by atoms with Crippen LogP contribution in [-0.2, 0) is 6.42 Å². The van der Waals surface area contributed by atoms with Gasteiger partial charge in [0.1, 0.15) is 0 Å². The van der Waals surface area contributed by atoms with E-state index in [9.17, 15) is 5.11 Å². The first-order valence-corrected chi connectivity index (χ1v) is 12.9. The number of rotatable bonds is 6. The monoisotopic (exact) mass is 484 g/mol. The van der Waals surface area contributed by atoms with Gasteiger partial charge in [-0.2, -0.15) is 9.50 Å². The molecule has 178 valence electrons. The number of thiazole rings is 1. The maximum Gasteiger partial charge on any atom is 0.230 e. The molecular weight excluding hydrogens is 456 g/mol. The first kappa shape index (κ1) is 22.1. The predicted molar refractivity (Wildman–Crippen MR) is 138 cm³/mol. The van der Waals surface area contributed by atoms with Crippen LogP contribution in [0.3, 0.4) is 0 Å². The highest BCUT2D eigenvalue weighted by Crippen LogP contribution is 2.42. The third-order valence-electron chi connectivity index (χ3n) is 6.96. The van der Waals surface area contributed by atoms with Crippen LogP contribution in [0.2, 0.25) is 0 Å². The fourth-order valence-corrected chi connectivity index (χ4v) is 6.20. The van der Waals surface area contributed by atoms with E-state index in [4.69, 9.17) is 4.42 Å². The third-order valence-corrected chi connectivity index (χ3v) is 8.04. The number of likely N-dealkylation sites (tertiary alicyclic amines) is 1. The summed E-state index contributed by atoms with van der Waals surface area (Å²) in [5, 5.41) is 15.8. The largest absolute Gasteiger partial charge is 0.492 e. The van der Waals surface area contributed by atoms with Gasteiger partial charge in [-0.25, -0.2) is 0 Å². The van der Waals surface area contributed by atoms with Gasteiger partial charge in [0.25, 0.3) is 0 Å². The summed E-state index contributed by atoms with van der Waals surface area (Å²) in [7, 11) is 0. The van der Waals surface area contributed by atoms with E-state index >= 15 is 0 Å². The van der Waals surface area contributed by atoms with E-state index in [0.717, 1.165) is 37.2 Å². The molecule has 0 spiro atoms. The Morgan fingerprint density at radius 2 is 1.80 bits per heavy atom. The van der Waals surface area contributed by atoms with E-state index in [1.807, 2.05) is 12.1 Å². The molecule has 4 heterocycles. The molecule has 1 N–H and O–H groups in total. The summed E-state index contributed by atoms with van der Waals surface area (Å²) in [6.07, 6.45) is 5.01. The first-order valence-electron chi connectivity index (χ1n) is 12.1. The Hall–Kier alpha value is -3.42. The Morgan fingerprint density at radius 1 is 1.03 bits per heavy atom. The summed E-state index contributed by atoms with van der Waals surface area (Å²) < 4.78 is 6.98. The summed E-state index contributed by atoms with van der Waals surface area (Å²) in [4.78, 5) is 8.69. The molecule has 0 bridgehead atoms. The van der Waals surface area contributed by atoms with E-state index in [0.29, 0.717) is 22.5 Å². The smallest absolute Gasteiger partial charge is 0.230 e. The number of piperidine rings is 1. The average molecular weight is 485 g/mol. The van der Waals surface area contributed by atoms with Gasteiger partial charge in [0, 0.05) is 0 Å². The van der Waals surface area contributed by atoms with Crippen molar-refractivity contribution in [3.05, 3.63) is 94.6 Å². The van der Waals surface area contributed by atoms with Gasteiger partial charge in [-0.05, 0) is 68.5 Å². The number of hydrogen-bond acceptors (Lipinski definition) is 6. The maximum absolute atomic E-state index is 11.3. The molecule has 1 aliphatic rings. The Labute approximate surface area is 208 Å². The van der Waals surface area contributed by atoms with Gasteiger partial charge < -0.3 is 9.52 Å². The second-order valence-electron chi connectivity index (χ2n) is 9.38. The number of hydrogen-bond donors (Lipinski definition) is 1. The van der Waals surface area contributed by atoms with Crippen LogP contribution in [-0.4, -0.2) is 37.7 Å². The Bertz CT molecular complexity index is 1400. The zero-order chi connectivity index (χ0) is 23.8. The van der Waals surface area contributed by atoms with Crippen molar-refractivity contribution in [3.63, 3.8) is 0 Å². The molecular formula is C28H28N4O2S. The van der Waals surface area contributed by atoms with Crippen molar-refractivity contribution in [2.45, 2.75) is 32.2 Å². The normalized spacial score (nSPS) is 16.1. The van der Waals surface area contributed by atoms with Gasteiger partial charge in [0.05, 0.1) is 17.2 Å². The number of fused-ring (bicyclic) bond motifs is 1. The van der Waals surface area contributed by atoms with Crippen LogP contribution in [0, 0.1) is 12.8 Å². The standard InChI is InChI=1S/C28H28N4O2S/c1-19-9-11-22(12-10-19)24(31-15-13-21(14-16-31)18-20-6-3-2-4-7-20)25-27(33)32-28(35-25)29-26(30-32)23-8-5-17-34-23/h2-12,17,21,24,33H,13-16,18H2,1H3/t24-/m0/s1. The van der Waals surface area contributed by atoms with E-state index in [-0.39, 0.29) is 11.9 Å². The van der Waals surface area contributed by atoms with Crippen molar-refractivity contribution in [1.29, 1.82) is 0 Å². The zero-order valence-corrected chi connectivity index (χ0v) is 20.5. The Kier molecular flexibility index (Phi) is 5.88. The number of nitrogens with zero attached hydrogens (tertiary/aromatic N) is 4. The summed E-state index contributed by atoms with van der Waals surface area (Å²) in [5.41, 5.74) is 3.82. The zero-order valence-electron chi connectivity index (χ0n) is 19.7. The van der Waals surface area contributed by atoms with Crippen LogP contribution in [0.4, 0.5) is 0 Å². The molecule has 0 radical (unpaired) electrons. The van der Waals surface area contributed by atoms with Crippen LogP contribution in [0.5, 0.6) is 5.88 Å². The highest BCUT2D eigenvalue weighted by atomic mass is 32.1. The molecule has 1 fully saturated rings. The van der Waals surface area contributed by atoms with Crippen LogP contribution < -0.4 is 0 Å². The van der Waals surface area contributed by atoms with Crippen molar-refractivity contribution in [2.24, 2.45) is 5.92 Å². The SMILES string of the molecule is Cc1ccc([C@@H](c2sc3nc(-c4ccco4)nn3c2O)N2CCC(Cc3ccccc3)CC2)cc1. The lowest BCUT2D eigenvalue weighted by Gasteiger charge is -2.37. The minimum Gasteiger partial charge on any atom is -0.492 e. The molecule has 1 aliphatic heterocycles. The van der Waals surface area contributed by atoms with Gasteiger partial charge >= 0.3 is 0 Å². The summed E-state index contributed by atoms with van der Waals surface area (Å²) in [5.74, 6) is 1.92. The summed E-state index contributed by atoms with van der Waals surface area (Å²) >= 11 is 1.50. The fraction of sp³-hybridized carbons (Fsp3) is 0.286. The molecule has 0 aliphatic carbocycles. The maximum atomic E-state index is 11.3. The second kappa shape index (κ2) is 9.32. The van der Waals surface area contributed by atoms with Crippen molar-refractivity contribution in [2.75, 3.05) is 13.1 Å². The molecule has 2 aromatic carbocycles. The molecule has 1 atom stereocenters. The van der Waals surface area contributed by atoms with Gasteiger partial charge in [0.15, 0.2) is 5.76 Å². The van der Waals surface area contributed by atoms with Gasteiger partial charge in [-0.1, -0.05) is 71.5 Å². The molecule has 0 unspecified atom stereocenters. The van der Waals surface area contributed by atoms with E-state index < -0.39 is 0 Å². The van der Waals surface area contributed by atoms with Crippen molar-refractivity contribution in [3.8, 4) is 17.5 Å². The molecule has 6 rings (SSSR count). The third kappa shape index (κ3) is 4.37. The number of aryl methyl sites for hydroxylation is 1. The van der Waals surface area contributed by atoms with Crippen LogP contribution >= 0.6 is 11.3 Å². The molecule has 0 amide bonds. The minimum absolute atomic E-state index is 0.0335. The van der Waals surface area contributed by atoms with Crippen molar-refractivity contribution < 1.29 is 9.52 Å². The molecule has 0 saturated carbocycles. The summed E-state index contributed by atoms with van der Waals surface area (Å²) in [6, 6.07) is 23.0. The van der Waals surface area contributed by atoms with Gasteiger partial charge in [0.2, 0.25) is 16.7 Å². The van der Waals surface area contributed by atoms with Gasteiger partial charge in [-0.3, -0.25) is 4.90 Å².